The molecule has 4 nitrogen and oxygen atoms in total. The molecule has 0 heterocycles. The minimum atomic E-state index is -1.45. The van der Waals surface area contributed by atoms with E-state index in [-0.39, 0.29) is 11.6 Å². The van der Waals surface area contributed by atoms with Gasteiger partial charge in [0.25, 0.3) is 0 Å². The Morgan fingerprint density at radius 3 is 1.95 bits per heavy atom. The summed E-state index contributed by atoms with van der Waals surface area (Å²) in [5.41, 5.74) is 1.00. The van der Waals surface area contributed by atoms with Crippen LogP contribution < -0.4 is 0 Å². The van der Waals surface area contributed by atoms with E-state index in [1.54, 1.807) is 30.3 Å². The summed E-state index contributed by atoms with van der Waals surface area (Å²) < 4.78 is 0. The van der Waals surface area contributed by atoms with Gasteiger partial charge in [-0.1, -0.05) is 42.5 Å². The molecule has 0 fully saturated rings. The van der Waals surface area contributed by atoms with Crippen LogP contribution in [0.5, 0.6) is 0 Å². The van der Waals surface area contributed by atoms with Gasteiger partial charge in [-0.05, 0) is 25.5 Å². The van der Waals surface area contributed by atoms with Gasteiger partial charge in [0, 0.05) is 11.1 Å². The average Bonchev–Trinajstić information content (AvgIpc) is 2.70. The maximum Gasteiger partial charge on any atom is 0.204 e. The molecule has 0 bridgehead atoms. The monoisotopic (exact) mass is 278 g/mol. The third kappa shape index (κ3) is 2.00. The summed E-state index contributed by atoms with van der Waals surface area (Å²) in [5.74, 6) is -0.583. The first kappa shape index (κ1) is 13.4. The second kappa shape index (κ2) is 4.74. The largest absolute Gasteiger partial charge is 0.291 e. The molecule has 3 rings (SSSR count). The molecule has 0 N–H and O–H groups in total. The Balaban J connectivity index is 2.02. The summed E-state index contributed by atoms with van der Waals surface area (Å²) in [4.78, 5) is 24.9. The minimum absolute atomic E-state index is 0.291. The van der Waals surface area contributed by atoms with Gasteiger partial charge in [-0.3, -0.25) is 9.59 Å². The lowest BCUT2D eigenvalue weighted by Gasteiger charge is -2.12. The van der Waals surface area contributed by atoms with Crippen LogP contribution in [0.2, 0.25) is 0 Å². The third-order valence-corrected chi connectivity index (χ3v) is 3.77. The first-order chi connectivity index (χ1) is 10.0. The summed E-state index contributed by atoms with van der Waals surface area (Å²) in [6, 6.07) is 14.3. The van der Waals surface area contributed by atoms with E-state index in [2.05, 4.69) is 10.2 Å². The van der Waals surface area contributed by atoms with E-state index >= 15 is 0 Å². The molecular formula is C17H14N2O2. The Morgan fingerprint density at radius 2 is 1.38 bits per heavy atom. The summed E-state index contributed by atoms with van der Waals surface area (Å²) in [6.07, 6.45) is 0. The molecule has 0 saturated heterocycles. The van der Waals surface area contributed by atoms with Crippen LogP contribution in [0.4, 0.5) is 5.69 Å². The molecular weight excluding hydrogens is 264 g/mol. The van der Waals surface area contributed by atoms with Crippen LogP contribution in [-0.2, 0) is 0 Å². The smallest absolute Gasteiger partial charge is 0.204 e. The number of carbonyl (C=O) groups excluding carboxylic acids is 2. The molecule has 0 unspecified atom stereocenters. The zero-order chi connectivity index (χ0) is 15.0. The van der Waals surface area contributed by atoms with E-state index in [1.165, 1.54) is 6.92 Å². The third-order valence-electron chi connectivity index (χ3n) is 3.77. The molecule has 0 atom stereocenters. The van der Waals surface area contributed by atoms with Crippen molar-refractivity contribution in [3.05, 3.63) is 65.2 Å². The lowest BCUT2D eigenvalue weighted by Crippen LogP contribution is -2.35. The van der Waals surface area contributed by atoms with Crippen LogP contribution in [0.15, 0.2) is 58.8 Å². The molecule has 0 radical (unpaired) electrons. The van der Waals surface area contributed by atoms with Gasteiger partial charge in [-0.2, -0.15) is 10.2 Å². The van der Waals surface area contributed by atoms with Crippen molar-refractivity contribution in [3.8, 4) is 0 Å². The molecule has 1 aliphatic rings. The van der Waals surface area contributed by atoms with Crippen LogP contribution in [0, 0.1) is 6.92 Å². The Labute approximate surface area is 122 Å². The van der Waals surface area contributed by atoms with Crippen molar-refractivity contribution in [3.63, 3.8) is 0 Å². The van der Waals surface area contributed by atoms with Crippen LogP contribution in [0.25, 0.3) is 0 Å². The van der Waals surface area contributed by atoms with E-state index in [4.69, 9.17) is 0 Å². The molecule has 2 aromatic carbocycles. The lowest BCUT2D eigenvalue weighted by atomic mass is 9.97. The Kier molecular flexibility index (Phi) is 3.01. The van der Waals surface area contributed by atoms with Crippen LogP contribution in [0.3, 0.4) is 0 Å². The maximum atomic E-state index is 12.5. The fourth-order valence-electron chi connectivity index (χ4n) is 2.43. The van der Waals surface area contributed by atoms with Crippen molar-refractivity contribution in [1.82, 2.24) is 0 Å². The number of nitrogens with zero attached hydrogens (tertiary/aromatic N) is 2. The van der Waals surface area contributed by atoms with Gasteiger partial charge in [0.2, 0.25) is 17.1 Å². The zero-order valence-corrected chi connectivity index (χ0v) is 11.8. The number of carbonyl (C=O) groups is 2. The first-order valence-electron chi connectivity index (χ1n) is 6.71. The van der Waals surface area contributed by atoms with Gasteiger partial charge < -0.3 is 0 Å². The van der Waals surface area contributed by atoms with Crippen LogP contribution in [-0.4, -0.2) is 17.1 Å². The summed E-state index contributed by atoms with van der Waals surface area (Å²) in [7, 11) is 0. The van der Waals surface area contributed by atoms with Gasteiger partial charge in [0.05, 0.1) is 5.69 Å². The molecule has 1 aliphatic carbocycles. The molecule has 21 heavy (non-hydrogen) atoms. The van der Waals surface area contributed by atoms with E-state index in [0.29, 0.717) is 16.8 Å². The summed E-state index contributed by atoms with van der Waals surface area (Å²) in [5, 5.41) is 8.22. The normalized spacial score (nSPS) is 16.5. The molecule has 2 aromatic rings. The van der Waals surface area contributed by atoms with Crippen molar-refractivity contribution in [2.24, 2.45) is 10.2 Å². The summed E-state index contributed by atoms with van der Waals surface area (Å²) >= 11 is 0. The van der Waals surface area contributed by atoms with E-state index in [0.717, 1.165) is 5.56 Å². The van der Waals surface area contributed by atoms with Crippen molar-refractivity contribution in [2.75, 3.05) is 0 Å². The Morgan fingerprint density at radius 1 is 0.857 bits per heavy atom. The fourth-order valence-corrected chi connectivity index (χ4v) is 2.43. The molecule has 0 aromatic heterocycles. The van der Waals surface area contributed by atoms with Gasteiger partial charge >= 0.3 is 0 Å². The number of rotatable bonds is 2. The van der Waals surface area contributed by atoms with Crippen LogP contribution in [0.1, 0.15) is 33.2 Å². The highest BCUT2D eigenvalue weighted by molar-refractivity contribution is 6.32. The van der Waals surface area contributed by atoms with Gasteiger partial charge in [0.1, 0.15) is 0 Å². The van der Waals surface area contributed by atoms with Gasteiger partial charge in [-0.25, -0.2) is 0 Å². The maximum absolute atomic E-state index is 12.5. The van der Waals surface area contributed by atoms with Crippen molar-refractivity contribution in [1.29, 1.82) is 0 Å². The number of ketones is 2. The van der Waals surface area contributed by atoms with Crippen molar-refractivity contribution < 1.29 is 9.59 Å². The molecule has 0 amide bonds. The van der Waals surface area contributed by atoms with E-state index in [1.807, 2.05) is 25.1 Å². The highest BCUT2D eigenvalue weighted by Gasteiger charge is 2.50. The summed E-state index contributed by atoms with van der Waals surface area (Å²) in [6.45, 7) is 3.43. The molecule has 104 valence electrons. The van der Waals surface area contributed by atoms with E-state index < -0.39 is 5.54 Å². The minimum Gasteiger partial charge on any atom is -0.291 e. The second-order valence-electron chi connectivity index (χ2n) is 5.26. The highest BCUT2D eigenvalue weighted by Crippen LogP contribution is 2.34. The topological polar surface area (TPSA) is 58.9 Å². The Bertz CT molecular complexity index is 743. The van der Waals surface area contributed by atoms with Gasteiger partial charge in [-0.15, -0.1) is 0 Å². The molecule has 0 aliphatic heterocycles. The fraction of sp³-hybridized carbons (Fsp3) is 0.176. The lowest BCUT2D eigenvalue weighted by molar-refractivity contribution is 0.0813. The number of Topliss-reactive ketones (excluding diaryl/α,β-unsaturated/α-hetero) is 2. The molecule has 4 heteroatoms. The molecule has 0 saturated carbocycles. The number of aryl methyl sites for hydroxylation is 1. The number of hydrogen-bond donors (Lipinski definition) is 0. The second-order valence-corrected chi connectivity index (χ2v) is 5.26. The quantitative estimate of drug-likeness (QED) is 0.617. The first-order valence-corrected chi connectivity index (χ1v) is 6.71. The highest BCUT2D eigenvalue weighted by atomic mass is 16.2. The van der Waals surface area contributed by atoms with Gasteiger partial charge in [0.15, 0.2) is 0 Å². The number of hydrogen-bond acceptors (Lipinski definition) is 4. The SMILES string of the molecule is Cc1ccccc1N=NC1(C)C(=O)c2ccccc2C1=O. The number of fused-ring (bicyclic) bond motifs is 1. The predicted octanol–water partition coefficient (Wildman–Crippen LogP) is 3.92. The number of azo groups is 1. The molecule has 0 spiro atoms. The Hall–Kier alpha value is -2.62. The average molecular weight is 278 g/mol. The zero-order valence-electron chi connectivity index (χ0n) is 11.8. The van der Waals surface area contributed by atoms with Crippen molar-refractivity contribution in [2.45, 2.75) is 19.4 Å². The predicted molar refractivity (Wildman–Crippen MR) is 79.2 cm³/mol. The standard InChI is InChI=1S/C17H14N2O2/c1-11-7-3-6-10-14(11)18-19-17(2)15(20)12-8-4-5-9-13(12)16(17)21/h3-10H,1-2H3. The van der Waals surface area contributed by atoms with E-state index in [9.17, 15) is 9.59 Å². The van der Waals surface area contributed by atoms with Crippen LogP contribution >= 0.6 is 0 Å². The number of benzene rings is 2. The van der Waals surface area contributed by atoms with Crippen molar-refractivity contribution >= 4 is 17.3 Å².